The van der Waals surface area contributed by atoms with Gasteiger partial charge in [-0.3, -0.25) is 4.79 Å². The summed E-state index contributed by atoms with van der Waals surface area (Å²) < 4.78 is 0. The van der Waals surface area contributed by atoms with Crippen LogP contribution in [-0.2, 0) is 4.79 Å². The number of hydrogen-bond acceptors (Lipinski definition) is 6. The highest BCUT2D eigenvalue weighted by molar-refractivity contribution is 7.98. The van der Waals surface area contributed by atoms with Gasteiger partial charge in [0, 0.05) is 25.7 Å². The number of carbonyl (C=O) groups excluding carboxylic acids is 1. The normalized spacial score (nSPS) is 22.1. The largest absolute Gasteiger partial charge is 0.370 e. The van der Waals surface area contributed by atoms with Crippen molar-refractivity contribution in [3.8, 4) is 0 Å². The fourth-order valence-electron chi connectivity index (χ4n) is 2.30. The molecule has 20 heavy (non-hydrogen) atoms. The fourth-order valence-corrected chi connectivity index (χ4v) is 2.67. The Morgan fingerprint density at radius 1 is 1.60 bits per heavy atom. The van der Waals surface area contributed by atoms with Gasteiger partial charge in [-0.1, -0.05) is 11.8 Å². The summed E-state index contributed by atoms with van der Waals surface area (Å²) in [5.41, 5.74) is 5.02. The average molecular weight is 295 g/mol. The second-order valence-corrected chi connectivity index (χ2v) is 6.00. The SMILES string of the molecule is CCNc1cc(N2CCC(C)(C(N)=O)C2)nc(SC)n1. The Kier molecular flexibility index (Phi) is 4.37. The molecule has 1 amide bonds. The molecule has 1 aliphatic rings. The Bertz CT molecular complexity index is 510. The van der Waals surface area contributed by atoms with Crippen molar-refractivity contribution in [2.45, 2.75) is 25.4 Å². The molecule has 1 saturated heterocycles. The maximum atomic E-state index is 11.5. The Balaban J connectivity index is 2.25. The molecule has 1 fully saturated rings. The number of rotatable bonds is 5. The molecule has 110 valence electrons. The topological polar surface area (TPSA) is 84.1 Å². The van der Waals surface area contributed by atoms with Crippen LogP contribution in [0.15, 0.2) is 11.2 Å². The van der Waals surface area contributed by atoms with Crippen molar-refractivity contribution in [2.75, 3.05) is 36.1 Å². The third-order valence-electron chi connectivity index (χ3n) is 3.62. The minimum atomic E-state index is -0.469. The van der Waals surface area contributed by atoms with Crippen molar-refractivity contribution in [2.24, 2.45) is 11.1 Å². The molecule has 1 aromatic rings. The van der Waals surface area contributed by atoms with E-state index in [9.17, 15) is 4.79 Å². The zero-order valence-electron chi connectivity index (χ0n) is 12.1. The van der Waals surface area contributed by atoms with E-state index in [1.54, 1.807) is 0 Å². The highest BCUT2D eigenvalue weighted by atomic mass is 32.2. The van der Waals surface area contributed by atoms with Crippen molar-refractivity contribution in [1.29, 1.82) is 0 Å². The van der Waals surface area contributed by atoms with Crippen LogP contribution >= 0.6 is 11.8 Å². The van der Waals surface area contributed by atoms with Gasteiger partial charge >= 0.3 is 0 Å². The standard InChI is InChI=1S/C13H21N5OS/c1-4-15-9-7-10(17-12(16-9)20-3)18-6-5-13(2,8-18)11(14)19/h7H,4-6,8H2,1-3H3,(H2,14,19)(H,15,16,17). The van der Waals surface area contributed by atoms with Gasteiger partial charge in [-0.25, -0.2) is 9.97 Å². The molecule has 0 saturated carbocycles. The maximum absolute atomic E-state index is 11.5. The lowest BCUT2D eigenvalue weighted by Crippen LogP contribution is -2.37. The summed E-state index contributed by atoms with van der Waals surface area (Å²) in [5, 5.41) is 3.93. The van der Waals surface area contributed by atoms with Crippen LogP contribution in [0.2, 0.25) is 0 Å². The Hall–Kier alpha value is -1.50. The zero-order valence-corrected chi connectivity index (χ0v) is 13.0. The van der Waals surface area contributed by atoms with Crippen LogP contribution < -0.4 is 16.0 Å². The first kappa shape index (κ1) is 14.9. The van der Waals surface area contributed by atoms with Gasteiger partial charge in [0.15, 0.2) is 5.16 Å². The molecular weight excluding hydrogens is 274 g/mol. The molecule has 1 aliphatic heterocycles. The monoisotopic (exact) mass is 295 g/mol. The molecule has 0 spiro atoms. The van der Waals surface area contributed by atoms with Crippen molar-refractivity contribution in [3.05, 3.63) is 6.07 Å². The van der Waals surface area contributed by atoms with Crippen LogP contribution in [0.5, 0.6) is 0 Å². The summed E-state index contributed by atoms with van der Waals surface area (Å²) in [6.45, 7) is 6.15. The Labute approximate surface area is 123 Å². The molecule has 1 atom stereocenters. The third-order valence-corrected chi connectivity index (χ3v) is 4.17. The number of aromatic nitrogens is 2. The molecule has 2 rings (SSSR count). The van der Waals surface area contributed by atoms with Gasteiger partial charge in [-0.05, 0) is 26.5 Å². The summed E-state index contributed by atoms with van der Waals surface area (Å²) >= 11 is 1.51. The van der Waals surface area contributed by atoms with Gasteiger partial charge in [-0.15, -0.1) is 0 Å². The molecule has 0 aromatic carbocycles. The molecule has 3 N–H and O–H groups in total. The first-order valence-corrected chi connectivity index (χ1v) is 7.93. The highest BCUT2D eigenvalue weighted by Crippen LogP contribution is 2.33. The second kappa shape index (κ2) is 5.87. The molecule has 0 bridgehead atoms. The second-order valence-electron chi connectivity index (χ2n) is 5.22. The minimum absolute atomic E-state index is 0.244. The average Bonchev–Trinajstić information content (AvgIpc) is 2.83. The van der Waals surface area contributed by atoms with Crippen LogP contribution in [0.4, 0.5) is 11.6 Å². The van der Waals surface area contributed by atoms with Gasteiger partial charge in [0.1, 0.15) is 11.6 Å². The first-order valence-electron chi connectivity index (χ1n) is 6.70. The zero-order chi connectivity index (χ0) is 14.8. The van der Waals surface area contributed by atoms with Crippen LogP contribution in [0, 0.1) is 5.41 Å². The van der Waals surface area contributed by atoms with Crippen molar-refractivity contribution >= 4 is 29.3 Å². The number of nitrogens with two attached hydrogens (primary N) is 1. The van der Waals surface area contributed by atoms with Gasteiger partial charge in [0.05, 0.1) is 5.41 Å². The molecule has 1 unspecified atom stereocenters. The predicted octanol–water partition coefficient (Wildman–Crippen LogP) is 1.33. The molecule has 2 heterocycles. The number of nitrogens with zero attached hydrogens (tertiary/aromatic N) is 3. The van der Waals surface area contributed by atoms with Gasteiger partial charge < -0.3 is 16.0 Å². The third kappa shape index (κ3) is 2.98. The fraction of sp³-hybridized carbons (Fsp3) is 0.615. The van der Waals surface area contributed by atoms with E-state index in [0.29, 0.717) is 6.54 Å². The van der Waals surface area contributed by atoms with Gasteiger partial charge in [0.2, 0.25) is 5.91 Å². The lowest BCUT2D eigenvalue weighted by Gasteiger charge is -2.22. The van der Waals surface area contributed by atoms with Crippen LogP contribution in [0.1, 0.15) is 20.3 Å². The van der Waals surface area contributed by atoms with Gasteiger partial charge in [0.25, 0.3) is 0 Å². The van der Waals surface area contributed by atoms with E-state index in [1.807, 2.05) is 26.2 Å². The molecule has 6 nitrogen and oxygen atoms in total. The van der Waals surface area contributed by atoms with Crippen molar-refractivity contribution in [3.63, 3.8) is 0 Å². The smallest absolute Gasteiger partial charge is 0.225 e. The van der Waals surface area contributed by atoms with E-state index in [4.69, 9.17) is 5.73 Å². The highest BCUT2D eigenvalue weighted by Gasteiger charge is 2.39. The molecule has 0 radical (unpaired) electrons. The molecule has 7 heteroatoms. The Morgan fingerprint density at radius 3 is 2.90 bits per heavy atom. The molecule has 1 aromatic heterocycles. The summed E-state index contributed by atoms with van der Waals surface area (Å²) in [7, 11) is 0. The number of primary amides is 1. The summed E-state index contributed by atoms with van der Waals surface area (Å²) in [4.78, 5) is 22.6. The first-order chi connectivity index (χ1) is 9.48. The lowest BCUT2D eigenvalue weighted by atomic mass is 9.89. The van der Waals surface area contributed by atoms with E-state index < -0.39 is 5.41 Å². The van der Waals surface area contributed by atoms with Gasteiger partial charge in [-0.2, -0.15) is 0 Å². The minimum Gasteiger partial charge on any atom is -0.370 e. The lowest BCUT2D eigenvalue weighted by molar-refractivity contribution is -0.125. The number of carbonyl (C=O) groups is 1. The van der Waals surface area contributed by atoms with E-state index in [0.717, 1.165) is 36.3 Å². The predicted molar refractivity (Wildman–Crippen MR) is 82.1 cm³/mol. The number of anilines is 2. The van der Waals surface area contributed by atoms with Crippen LogP contribution in [0.25, 0.3) is 0 Å². The quantitative estimate of drug-likeness (QED) is 0.630. The number of nitrogens with one attached hydrogen (secondary N) is 1. The summed E-state index contributed by atoms with van der Waals surface area (Å²) in [6, 6.07) is 1.93. The van der Waals surface area contributed by atoms with E-state index in [1.165, 1.54) is 11.8 Å². The van der Waals surface area contributed by atoms with E-state index in [2.05, 4.69) is 20.2 Å². The van der Waals surface area contributed by atoms with Crippen molar-refractivity contribution < 1.29 is 4.79 Å². The summed E-state index contributed by atoms with van der Waals surface area (Å²) in [6.07, 6.45) is 2.71. The van der Waals surface area contributed by atoms with E-state index >= 15 is 0 Å². The Morgan fingerprint density at radius 2 is 2.35 bits per heavy atom. The van der Waals surface area contributed by atoms with Crippen LogP contribution in [0.3, 0.4) is 0 Å². The maximum Gasteiger partial charge on any atom is 0.225 e. The summed E-state index contributed by atoms with van der Waals surface area (Å²) in [5.74, 6) is 1.42. The van der Waals surface area contributed by atoms with Crippen LogP contribution in [-0.4, -0.2) is 41.8 Å². The molecular formula is C13H21N5OS. The van der Waals surface area contributed by atoms with Crippen molar-refractivity contribution in [1.82, 2.24) is 9.97 Å². The number of thioether (sulfide) groups is 1. The molecule has 0 aliphatic carbocycles. The number of hydrogen-bond donors (Lipinski definition) is 2. The van der Waals surface area contributed by atoms with E-state index in [-0.39, 0.29) is 5.91 Å². The number of amides is 1.